The van der Waals surface area contributed by atoms with Crippen molar-refractivity contribution in [1.29, 1.82) is 0 Å². The quantitative estimate of drug-likeness (QED) is 0.0498. The van der Waals surface area contributed by atoms with Gasteiger partial charge in [0.25, 0.3) is 0 Å². The number of hydrogen-bond acceptors (Lipinski definition) is 4. The topological polar surface area (TPSA) is 30.9 Å². The van der Waals surface area contributed by atoms with Gasteiger partial charge in [-0.15, -0.1) is 0 Å². The highest BCUT2D eigenvalue weighted by molar-refractivity contribution is 5.27. The Morgan fingerprint density at radius 2 is 1.39 bits per heavy atom. The molecule has 5 aliphatic rings. The second kappa shape index (κ2) is 27.8. The Morgan fingerprint density at radius 3 is 2.08 bits per heavy atom. The number of ether oxygens (including phenoxy) is 3. The minimum Gasteiger partial charge on any atom is -0.379 e. The van der Waals surface area contributed by atoms with Crippen LogP contribution in [0.4, 0.5) is 0 Å². The predicted molar refractivity (Wildman–Crippen MR) is 267 cm³/mol. The van der Waals surface area contributed by atoms with Gasteiger partial charge in [0.05, 0.1) is 25.9 Å². The highest BCUT2D eigenvalue weighted by atomic mass is 16.5. The first-order valence-corrected chi connectivity index (χ1v) is 27.9. The lowest BCUT2D eigenvalue weighted by Crippen LogP contribution is -2.56. The molecule has 0 amide bonds. The molecular weight excluding hydrogens is 759 g/mol. The molecule has 9 atom stereocenters. The summed E-state index contributed by atoms with van der Waals surface area (Å²) in [4.78, 5) is 2.53. The van der Waals surface area contributed by atoms with Crippen LogP contribution in [0.15, 0.2) is 23.8 Å². The number of rotatable bonds is 32. The lowest BCUT2D eigenvalue weighted by molar-refractivity contribution is -0.112. The fourth-order valence-electron chi connectivity index (χ4n) is 14.5. The van der Waals surface area contributed by atoms with E-state index in [-0.39, 0.29) is 6.10 Å². The Bertz CT molecular complexity index is 1250. The zero-order chi connectivity index (χ0) is 44.1. The molecular formula is C58H105NO3. The van der Waals surface area contributed by atoms with Gasteiger partial charge >= 0.3 is 0 Å². The highest BCUT2D eigenvalue weighted by Crippen LogP contribution is 2.72. The molecule has 0 aromatic heterocycles. The van der Waals surface area contributed by atoms with Crippen LogP contribution in [0.1, 0.15) is 235 Å². The van der Waals surface area contributed by atoms with Crippen LogP contribution in [0.5, 0.6) is 0 Å². The van der Waals surface area contributed by atoms with E-state index in [2.05, 4.69) is 71.6 Å². The Hall–Kier alpha value is -0.680. The fourth-order valence-corrected chi connectivity index (χ4v) is 14.5. The SMILES string of the molecule is CCCCC/C=C\CCCCCCCCCCCCCOCC(CN1CCOCC1)OCCC[C@H]1CC[C@@]2(C)C(=CCC3(C)C4CC[C@H]([C@H](C)CCCC(C)C)[C@@]4(C)CC[C@@H]32)C1. The third-order valence-corrected chi connectivity index (χ3v) is 18.3. The molecule has 62 heavy (non-hydrogen) atoms. The lowest BCUT2D eigenvalue weighted by atomic mass is 9.41. The van der Waals surface area contributed by atoms with Gasteiger partial charge in [0.2, 0.25) is 0 Å². The summed E-state index contributed by atoms with van der Waals surface area (Å²) in [5, 5.41) is 0. The second-order valence-corrected chi connectivity index (χ2v) is 23.4. The molecule has 4 nitrogen and oxygen atoms in total. The normalized spacial score (nSPS) is 31.3. The molecule has 1 saturated heterocycles. The molecule has 5 rings (SSSR count). The molecule has 0 spiro atoms. The number of allylic oxidation sites excluding steroid dienone is 4. The zero-order valence-corrected chi connectivity index (χ0v) is 42.6. The van der Waals surface area contributed by atoms with Gasteiger partial charge in [0, 0.05) is 32.8 Å². The number of unbranched alkanes of at least 4 members (excludes halogenated alkanes) is 14. The van der Waals surface area contributed by atoms with Crippen LogP contribution in [-0.2, 0) is 14.2 Å². The van der Waals surface area contributed by atoms with Gasteiger partial charge < -0.3 is 14.2 Å². The van der Waals surface area contributed by atoms with E-state index in [0.717, 1.165) is 88.2 Å². The molecule has 360 valence electrons. The third-order valence-electron chi connectivity index (χ3n) is 18.3. The fraction of sp³-hybridized carbons (Fsp3) is 0.931. The van der Waals surface area contributed by atoms with Crippen molar-refractivity contribution in [3.63, 3.8) is 0 Å². The Kier molecular flexibility index (Phi) is 23.5. The van der Waals surface area contributed by atoms with Crippen LogP contribution in [0.3, 0.4) is 0 Å². The van der Waals surface area contributed by atoms with E-state index in [1.165, 1.54) is 186 Å². The molecule has 3 unspecified atom stereocenters. The smallest absolute Gasteiger partial charge is 0.0934 e. The number of nitrogens with zero attached hydrogens (tertiary/aromatic N) is 1. The average molecular weight is 864 g/mol. The largest absolute Gasteiger partial charge is 0.379 e. The van der Waals surface area contributed by atoms with E-state index < -0.39 is 0 Å². The first-order valence-electron chi connectivity index (χ1n) is 27.9. The van der Waals surface area contributed by atoms with Gasteiger partial charge in [-0.2, -0.15) is 0 Å². The molecule has 1 aliphatic heterocycles. The van der Waals surface area contributed by atoms with Gasteiger partial charge in [-0.25, -0.2) is 0 Å². The van der Waals surface area contributed by atoms with Gasteiger partial charge in [0.15, 0.2) is 0 Å². The van der Waals surface area contributed by atoms with Crippen molar-refractivity contribution in [3.8, 4) is 0 Å². The molecule has 0 N–H and O–H groups in total. The van der Waals surface area contributed by atoms with Crippen LogP contribution in [-0.4, -0.2) is 63.7 Å². The maximum atomic E-state index is 6.67. The summed E-state index contributed by atoms with van der Waals surface area (Å²) in [5.41, 5.74) is 3.32. The monoisotopic (exact) mass is 864 g/mol. The minimum atomic E-state index is 0.170. The summed E-state index contributed by atoms with van der Waals surface area (Å²) in [6, 6.07) is 0. The van der Waals surface area contributed by atoms with Crippen molar-refractivity contribution in [3.05, 3.63) is 23.8 Å². The van der Waals surface area contributed by atoms with E-state index in [0.29, 0.717) is 16.2 Å². The summed E-state index contributed by atoms with van der Waals surface area (Å²) in [6.07, 6.45) is 47.8. The van der Waals surface area contributed by atoms with Crippen LogP contribution < -0.4 is 0 Å². The van der Waals surface area contributed by atoms with Gasteiger partial charge in [-0.05, 0) is 148 Å². The van der Waals surface area contributed by atoms with Crippen LogP contribution >= 0.6 is 0 Å². The molecule has 1 heterocycles. The van der Waals surface area contributed by atoms with Crippen molar-refractivity contribution in [2.45, 2.75) is 241 Å². The summed E-state index contributed by atoms with van der Waals surface area (Å²) in [5.74, 6) is 5.28. The van der Waals surface area contributed by atoms with E-state index in [1.807, 2.05) is 5.57 Å². The van der Waals surface area contributed by atoms with Crippen molar-refractivity contribution in [2.75, 3.05) is 52.7 Å². The van der Waals surface area contributed by atoms with Crippen molar-refractivity contribution < 1.29 is 14.2 Å². The van der Waals surface area contributed by atoms with E-state index in [4.69, 9.17) is 14.2 Å². The predicted octanol–water partition coefficient (Wildman–Crippen LogP) is 16.4. The summed E-state index contributed by atoms with van der Waals surface area (Å²) < 4.78 is 18.6. The minimum absolute atomic E-state index is 0.170. The highest BCUT2D eigenvalue weighted by Gasteiger charge is 2.63. The molecule has 0 radical (unpaired) electrons. The van der Waals surface area contributed by atoms with Gasteiger partial charge in [0.1, 0.15) is 0 Å². The van der Waals surface area contributed by atoms with Crippen LogP contribution in [0.25, 0.3) is 0 Å². The Balaban J connectivity index is 0.947. The molecule has 0 bridgehead atoms. The van der Waals surface area contributed by atoms with E-state index in [9.17, 15) is 0 Å². The van der Waals surface area contributed by atoms with Crippen molar-refractivity contribution in [1.82, 2.24) is 4.90 Å². The zero-order valence-electron chi connectivity index (χ0n) is 42.6. The van der Waals surface area contributed by atoms with Crippen LogP contribution in [0.2, 0.25) is 0 Å². The van der Waals surface area contributed by atoms with E-state index >= 15 is 0 Å². The maximum absolute atomic E-state index is 6.67. The third kappa shape index (κ3) is 15.7. The first kappa shape index (κ1) is 52.3. The van der Waals surface area contributed by atoms with Gasteiger partial charge in [-0.3, -0.25) is 4.90 Å². The Labute approximate surface area is 386 Å². The summed E-state index contributed by atoms with van der Waals surface area (Å²) in [7, 11) is 0. The average Bonchev–Trinajstić information content (AvgIpc) is 3.63. The first-order chi connectivity index (χ1) is 30.1. The maximum Gasteiger partial charge on any atom is 0.0934 e. The number of fused-ring (bicyclic) bond motifs is 5. The number of hydrogen-bond donors (Lipinski definition) is 0. The molecule has 4 heteroatoms. The molecule has 0 aromatic rings. The molecule has 0 aromatic carbocycles. The molecule has 4 fully saturated rings. The van der Waals surface area contributed by atoms with Crippen molar-refractivity contribution in [2.24, 2.45) is 51.8 Å². The summed E-state index contributed by atoms with van der Waals surface area (Å²) in [6.45, 7) is 25.2. The number of morpholine rings is 1. The van der Waals surface area contributed by atoms with Gasteiger partial charge in [-0.1, -0.05) is 162 Å². The standard InChI is InChI=1S/C58H105NO3/c1-8-9-10-11-12-13-14-15-16-17-18-19-20-21-22-23-24-25-41-61-47-52(46-59-39-43-60-44-40-59)62-42-27-30-50-33-36-56(5)51(45-50)34-37-58(7)54-32-31-53(49(4)29-26-28-48(2)3)57(54,6)38-35-55(56)58/h12-13,34,48-50,52-55H,8-11,14-33,35-47H2,1-7H3/b13-12-/t49-,50+,52?,53-,54?,55-,56+,57-,58?/m1/s1. The van der Waals surface area contributed by atoms with Crippen LogP contribution in [0, 0.1) is 51.8 Å². The Morgan fingerprint density at radius 1 is 0.710 bits per heavy atom. The molecule has 3 saturated carbocycles. The molecule has 4 aliphatic carbocycles. The van der Waals surface area contributed by atoms with Crippen molar-refractivity contribution >= 4 is 0 Å². The van der Waals surface area contributed by atoms with E-state index in [1.54, 1.807) is 0 Å². The summed E-state index contributed by atoms with van der Waals surface area (Å²) >= 11 is 0. The second-order valence-electron chi connectivity index (χ2n) is 23.4. The lowest BCUT2D eigenvalue weighted by Gasteiger charge is -2.63.